The standard InChI is InChI=1S/C30H37ClN2O5/c1-4-6-17-32(18-7-5-2)19-8-20-33-26(21-9-11-23(12-10-21)30(37)38-3)25(28(35)29(33)36)27(34)22-13-15-24(31)16-14-22/h9-16,26,34H,4-8,17-20H2,1-3H3/t26-/m0/s1. The van der Waals surface area contributed by atoms with Gasteiger partial charge in [0.05, 0.1) is 24.3 Å². The zero-order chi connectivity index (χ0) is 27.7. The number of methoxy groups -OCH3 is 1. The number of hydrogen-bond donors (Lipinski definition) is 1. The van der Waals surface area contributed by atoms with Crippen LogP contribution in [0.1, 0.15) is 73.5 Å². The molecule has 204 valence electrons. The molecule has 8 heteroatoms. The first-order valence-corrected chi connectivity index (χ1v) is 13.6. The maximum absolute atomic E-state index is 13.3. The third kappa shape index (κ3) is 7.03. The number of nitrogens with zero attached hydrogens (tertiary/aromatic N) is 2. The van der Waals surface area contributed by atoms with E-state index in [2.05, 4.69) is 18.7 Å². The molecule has 2 aromatic rings. The normalized spacial score (nSPS) is 16.9. The highest BCUT2D eigenvalue weighted by Gasteiger charge is 2.45. The Bertz CT molecular complexity index is 1140. The first-order valence-electron chi connectivity index (χ1n) is 13.3. The molecule has 0 aliphatic carbocycles. The maximum Gasteiger partial charge on any atom is 0.337 e. The molecule has 0 aromatic heterocycles. The molecular formula is C30H37ClN2O5. The van der Waals surface area contributed by atoms with Gasteiger partial charge in [0.25, 0.3) is 11.7 Å². The number of halogens is 1. The molecule has 1 aliphatic heterocycles. The number of carbonyl (C=O) groups is 3. The summed E-state index contributed by atoms with van der Waals surface area (Å²) >= 11 is 6.01. The average molecular weight is 541 g/mol. The van der Waals surface area contributed by atoms with E-state index in [4.69, 9.17) is 16.3 Å². The van der Waals surface area contributed by atoms with Crippen molar-refractivity contribution in [2.75, 3.05) is 33.3 Å². The van der Waals surface area contributed by atoms with Crippen molar-refractivity contribution in [3.8, 4) is 0 Å². The number of ether oxygens (including phenoxy) is 1. The maximum atomic E-state index is 13.3. The molecule has 1 amide bonds. The number of ketones is 1. The Balaban J connectivity index is 1.94. The van der Waals surface area contributed by atoms with E-state index in [9.17, 15) is 19.5 Å². The molecule has 1 saturated heterocycles. The summed E-state index contributed by atoms with van der Waals surface area (Å²) in [4.78, 5) is 42.4. The summed E-state index contributed by atoms with van der Waals surface area (Å²) in [6.45, 7) is 7.52. The van der Waals surface area contributed by atoms with Gasteiger partial charge in [-0.2, -0.15) is 0 Å². The molecule has 7 nitrogen and oxygen atoms in total. The molecule has 1 atom stereocenters. The van der Waals surface area contributed by atoms with E-state index in [-0.39, 0.29) is 11.3 Å². The van der Waals surface area contributed by atoms with Crippen molar-refractivity contribution in [2.45, 2.75) is 52.0 Å². The fraction of sp³-hybridized carbons (Fsp3) is 0.433. The van der Waals surface area contributed by atoms with Crippen molar-refractivity contribution < 1.29 is 24.2 Å². The zero-order valence-corrected chi connectivity index (χ0v) is 23.2. The average Bonchev–Trinajstić information content (AvgIpc) is 3.18. The molecule has 0 spiro atoms. The summed E-state index contributed by atoms with van der Waals surface area (Å²) in [6.07, 6.45) is 5.15. The zero-order valence-electron chi connectivity index (χ0n) is 22.4. The topological polar surface area (TPSA) is 87.2 Å². The van der Waals surface area contributed by atoms with E-state index in [1.54, 1.807) is 48.5 Å². The van der Waals surface area contributed by atoms with Gasteiger partial charge in [0.1, 0.15) is 5.76 Å². The lowest BCUT2D eigenvalue weighted by Gasteiger charge is -2.27. The number of esters is 1. The monoisotopic (exact) mass is 540 g/mol. The van der Waals surface area contributed by atoms with Crippen LogP contribution < -0.4 is 0 Å². The van der Waals surface area contributed by atoms with E-state index < -0.39 is 23.7 Å². The van der Waals surface area contributed by atoms with E-state index in [1.165, 1.54) is 12.0 Å². The number of likely N-dealkylation sites (tertiary alicyclic amines) is 1. The van der Waals surface area contributed by atoms with Crippen LogP contribution in [0.15, 0.2) is 54.1 Å². The third-order valence-corrected chi connectivity index (χ3v) is 7.09. The van der Waals surface area contributed by atoms with E-state index in [1.807, 2.05) is 0 Å². The van der Waals surface area contributed by atoms with Crippen molar-refractivity contribution in [1.29, 1.82) is 0 Å². The largest absolute Gasteiger partial charge is 0.507 e. The van der Waals surface area contributed by atoms with Crippen LogP contribution in [-0.4, -0.2) is 65.9 Å². The predicted molar refractivity (Wildman–Crippen MR) is 149 cm³/mol. The summed E-state index contributed by atoms with van der Waals surface area (Å²) in [5.74, 6) is -2.10. The molecular weight excluding hydrogens is 504 g/mol. The second-order valence-electron chi connectivity index (χ2n) is 9.52. The van der Waals surface area contributed by atoms with Gasteiger partial charge >= 0.3 is 5.97 Å². The molecule has 1 heterocycles. The molecule has 0 bridgehead atoms. The first-order chi connectivity index (χ1) is 18.3. The highest BCUT2D eigenvalue weighted by atomic mass is 35.5. The number of unbranched alkanes of at least 4 members (excludes halogenated alkanes) is 2. The molecule has 3 rings (SSSR count). The van der Waals surface area contributed by atoms with Gasteiger partial charge in [0, 0.05) is 17.1 Å². The highest BCUT2D eigenvalue weighted by Crippen LogP contribution is 2.39. The van der Waals surface area contributed by atoms with Crippen molar-refractivity contribution in [3.63, 3.8) is 0 Å². The van der Waals surface area contributed by atoms with Crippen LogP contribution in [0.5, 0.6) is 0 Å². The van der Waals surface area contributed by atoms with Gasteiger partial charge in [0.2, 0.25) is 0 Å². The minimum Gasteiger partial charge on any atom is -0.507 e. The number of carbonyl (C=O) groups excluding carboxylic acids is 3. The van der Waals surface area contributed by atoms with Crippen LogP contribution in [0.25, 0.3) is 5.76 Å². The van der Waals surface area contributed by atoms with Crippen molar-refractivity contribution in [2.24, 2.45) is 0 Å². The number of hydrogen-bond acceptors (Lipinski definition) is 6. The Morgan fingerprint density at radius 2 is 1.47 bits per heavy atom. The molecule has 1 fully saturated rings. The molecule has 2 aromatic carbocycles. The quantitative estimate of drug-likeness (QED) is 0.149. The van der Waals surface area contributed by atoms with Gasteiger partial charge in [-0.1, -0.05) is 50.4 Å². The molecule has 0 saturated carbocycles. The molecule has 1 N–H and O–H groups in total. The summed E-state index contributed by atoms with van der Waals surface area (Å²) in [5.41, 5.74) is 1.40. The second kappa shape index (κ2) is 14.1. The third-order valence-electron chi connectivity index (χ3n) is 6.83. The van der Waals surface area contributed by atoms with Crippen molar-refractivity contribution >= 4 is 35.0 Å². The number of amides is 1. The summed E-state index contributed by atoms with van der Waals surface area (Å²) < 4.78 is 4.79. The molecule has 1 aliphatic rings. The lowest BCUT2D eigenvalue weighted by atomic mass is 9.94. The van der Waals surface area contributed by atoms with Crippen LogP contribution >= 0.6 is 11.6 Å². The highest BCUT2D eigenvalue weighted by molar-refractivity contribution is 6.46. The number of benzene rings is 2. The van der Waals surface area contributed by atoms with E-state index >= 15 is 0 Å². The Morgan fingerprint density at radius 1 is 0.921 bits per heavy atom. The minimum absolute atomic E-state index is 0.0250. The number of aliphatic hydroxyl groups excluding tert-OH is 1. The van der Waals surface area contributed by atoms with Gasteiger partial charge in [-0.15, -0.1) is 0 Å². The SMILES string of the molecule is CCCCN(CCCC)CCCN1C(=O)C(=O)C(=C(O)c2ccc(Cl)cc2)[C@@H]1c1ccc(C(=O)OC)cc1. The molecule has 0 radical (unpaired) electrons. The predicted octanol–water partition coefficient (Wildman–Crippen LogP) is 5.84. The Kier molecular flexibility index (Phi) is 10.9. The minimum atomic E-state index is -0.780. The fourth-order valence-corrected chi connectivity index (χ4v) is 4.83. The lowest BCUT2D eigenvalue weighted by molar-refractivity contribution is -0.140. The van der Waals surface area contributed by atoms with Crippen LogP contribution in [0.2, 0.25) is 5.02 Å². The van der Waals surface area contributed by atoms with Gasteiger partial charge in [-0.05, 0) is 80.9 Å². The number of Topliss-reactive ketones (excluding diaryl/α,β-unsaturated/α-hetero) is 1. The van der Waals surface area contributed by atoms with E-state index in [0.29, 0.717) is 34.7 Å². The summed E-state index contributed by atoms with van der Waals surface area (Å²) in [7, 11) is 1.31. The Morgan fingerprint density at radius 3 is 2.03 bits per heavy atom. The van der Waals surface area contributed by atoms with Crippen LogP contribution in [0.3, 0.4) is 0 Å². The Hall–Kier alpha value is -3.16. The number of aliphatic hydroxyl groups is 1. The van der Waals surface area contributed by atoms with Gasteiger partial charge in [-0.3, -0.25) is 9.59 Å². The van der Waals surface area contributed by atoms with Gasteiger partial charge in [0.15, 0.2) is 0 Å². The Labute approximate surface area is 230 Å². The number of rotatable bonds is 13. The lowest BCUT2D eigenvalue weighted by Crippen LogP contribution is -2.34. The van der Waals surface area contributed by atoms with E-state index in [0.717, 1.165) is 45.3 Å². The van der Waals surface area contributed by atoms with Gasteiger partial charge in [-0.25, -0.2) is 4.79 Å². The molecule has 0 unspecified atom stereocenters. The first kappa shape index (κ1) is 29.4. The van der Waals surface area contributed by atoms with Crippen LogP contribution in [-0.2, 0) is 14.3 Å². The summed E-state index contributed by atoms with van der Waals surface area (Å²) in [6, 6.07) is 12.3. The van der Waals surface area contributed by atoms with Crippen molar-refractivity contribution in [3.05, 3.63) is 75.8 Å². The molecule has 38 heavy (non-hydrogen) atoms. The van der Waals surface area contributed by atoms with Crippen molar-refractivity contribution in [1.82, 2.24) is 9.80 Å². The van der Waals surface area contributed by atoms with Crippen LogP contribution in [0, 0.1) is 0 Å². The van der Waals surface area contributed by atoms with Crippen LogP contribution in [0.4, 0.5) is 0 Å². The second-order valence-corrected chi connectivity index (χ2v) is 9.95. The smallest absolute Gasteiger partial charge is 0.337 e. The fourth-order valence-electron chi connectivity index (χ4n) is 4.70. The van der Waals surface area contributed by atoms with Gasteiger partial charge < -0.3 is 19.6 Å². The summed E-state index contributed by atoms with van der Waals surface area (Å²) in [5, 5.41) is 11.7.